The van der Waals surface area contributed by atoms with Crippen LogP contribution in [0.2, 0.25) is 0 Å². The monoisotopic (exact) mass is 393 g/mol. The van der Waals surface area contributed by atoms with Gasteiger partial charge in [-0.05, 0) is 37.0 Å². The number of hydrogen-bond donors (Lipinski definition) is 0. The number of aromatic nitrogens is 1. The standard InChI is InChI=1S/C17H16F3NO3S.Na/c18-17(19,20)12-4-5-14(24-8-10-2-1-3-10)11(6-12)7-15-21-13(9-25-15)16(22)23;/h4-6,9-10H,1-3,7-8H2,(H,22,23);/q;+1/p-1. The topological polar surface area (TPSA) is 62.2 Å². The Morgan fingerprint density at radius 1 is 1.35 bits per heavy atom. The number of benzene rings is 1. The van der Waals surface area contributed by atoms with Gasteiger partial charge in [-0.3, -0.25) is 0 Å². The fourth-order valence-corrected chi connectivity index (χ4v) is 3.34. The number of carboxylic acid groups (broad SMARTS) is 1. The number of alkyl halides is 3. The van der Waals surface area contributed by atoms with E-state index in [1.165, 1.54) is 11.4 Å². The van der Waals surface area contributed by atoms with Crippen LogP contribution in [0.5, 0.6) is 5.75 Å². The quantitative estimate of drug-likeness (QED) is 0.663. The number of nitrogens with zero attached hydrogens (tertiary/aromatic N) is 1. The summed E-state index contributed by atoms with van der Waals surface area (Å²) in [4.78, 5) is 14.7. The Labute approximate surface area is 174 Å². The average molecular weight is 393 g/mol. The molecule has 4 nitrogen and oxygen atoms in total. The number of hydrogen-bond acceptors (Lipinski definition) is 5. The first-order valence-electron chi connectivity index (χ1n) is 7.81. The van der Waals surface area contributed by atoms with Crippen molar-refractivity contribution in [3.8, 4) is 5.75 Å². The summed E-state index contributed by atoms with van der Waals surface area (Å²) < 4.78 is 44.7. The van der Waals surface area contributed by atoms with Crippen molar-refractivity contribution in [2.45, 2.75) is 31.9 Å². The minimum absolute atomic E-state index is 0. The Hall–Kier alpha value is -1.09. The van der Waals surface area contributed by atoms with E-state index < -0.39 is 17.7 Å². The van der Waals surface area contributed by atoms with Gasteiger partial charge in [-0.15, -0.1) is 11.3 Å². The first-order chi connectivity index (χ1) is 11.8. The Morgan fingerprint density at radius 3 is 2.62 bits per heavy atom. The number of ether oxygens (including phenoxy) is 1. The van der Waals surface area contributed by atoms with Crippen LogP contribution in [-0.4, -0.2) is 17.6 Å². The van der Waals surface area contributed by atoms with Crippen LogP contribution < -0.4 is 39.4 Å². The van der Waals surface area contributed by atoms with Gasteiger partial charge in [0.15, 0.2) is 0 Å². The van der Waals surface area contributed by atoms with Gasteiger partial charge < -0.3 is 14.6 Å². The molecule has 1 fully saturated rings. The average Bonchev–Trinajstić information content (AvgIpc) is 2.94. The smallest absolute Gasteiger partial charge is 0.543 e. The first-order valence-corrected chi connectivity index (χ1v) is 8.69. The molecule has 134 valence electrons. The number of thiazole rings is 1. The van der Waals surface area contributed by atoms with Gasteiger partial charge in [0, 0.05) is 17.4 Å². The summed E-state index contributed by atoms with van der Waals surface area (Å²) >= 11 is 1.07. The predicted octanol–water partition coefficient (Wildman–Crippen LogP) is 0.299. The summed E-state index contributed by atoms with van der Waals surface area (Å²) in [6, 6.07) is 3.36. The van der Waals surface area contributed by atoms with Crippen LogP contribution >= 0.6 is 11.3 Å². The van der Waals surface area contributed by atoms with Crippen molar-refractivity contribution in [1.29, 1.82) is 0 Å². The van der Waals surface area contributed by atoms with E-state index in [9.17, 15) is 23.1 Å². The maximum Gasteiger partial charge on any atom is 1.00 e. The maximum atomic E-state index is 13.0. The molecule has 1 aliphatic rings. The summed E-state index contributed by atoms with van der Waals surface area (Å²) in [5.41, 5.74) is -0.646. The SMILES string of the molecule is O=C([O-])c1csc(Cc2cc(C(F)(F)F)ccc2OCC2CCC2)n1.[Na+]. The normalized spacial score (nSPS) is 14.4. The van der Waals surface area contributed by atoms with Gasteiger partial charge in [0.2, 0.25) is 0 Å². The van der Waals surface area contributed by atoms with E-state index in [-0.39, 0.29) is 41.7 Å². The molecule has 3 rings (SSSR count). The number of aromatic carboxylic acids is 1. The Balaban J connectivity index is 0.00000243. The maximum absolute atomic E-state index is 13.0. The summed E-state index contributed by atoms with van der Waals surface area (Å²) in [6.07, 6.45) is -1.10. The van der Waals surface area contributed by atoms with Crippen LogP contribution in [0.4, 0.5) is 13.2 Å². The third-order valence-corrected chi connectivity index (χ3v) is 5.04. The molecule has 0 radical (unpaired) electrons. The Morgan fingerprint density at radius 2 is 2.08 bits per heavy atom. The summed E-state index contributed by atoms with van der Waals surface area (Å²) in [5.74, 6) is -0.585. The predicted molar refractivity (Wildman–Crippen MR) is 83.5 cm³/mol. The molecule has 0 saturated heterocycles. The molecule has 26 heavy (non-hydrogen) atoms. The van der Waals surface area contributed by atoms with Gasteiger partial charge in [0.1, 0.15) is 5.75 Å². The van der Waals surface area contributed by atoms with Crippen molar-refractivity contribution >= 4 is 17.3 Å². The fraction of sp³-hybridized carbons (Fsp3) is 0.412. The van der Waals surface area contributed by atoms with Crippen molar-refractivity contribution in [3.05, 3.63) is 45.4 Å². The van der Waals surface area contributed by atoms with Crippen LogP contribution in [0.1, 0.15) is 45.9 Å². The van der Waals surface area contributed by atoms with Gasteiger partial charge in [0.25, 0.3) is 0 Å². The van der Waals surface area contributed by atoms with Gasteiger partial charge >= 0.3 is 35.7 Å². The van der Waals surface area contributed by atoms with E-state index in [0.29, 0.717) is 28.8 Å². The third-order valence-electron chi connectivity index (χ3n) is 4.19. The minimum atomic E-state index is -4.46. The van der Waals surface area contributed by atoms with E-state index in [0.717, 1.165) is 42.7 Å². The van der Waals surface area contributed by atoms with Crippen LogP contribution in [-0.2, 0) is 12.6 Å². The molecule has 2 aromatic rings. The number of carboxylic acids is 1. The molecular formula is C17H15F3NNaO3S. The van der Waals surface area contributed by atoms with E-state index in [4.69, 9.17) is 4.74 Å². The second kappa shape index (κ2) is 8.73. The molecule has 9 heteroatoms. The van der Waals surface area contributed by atoms with Crippen molar-refractivity contribution in [2.75, 3.05) is 6.61 Å². The summed E-state index contributed by atoms with van der Waals surface area (Å²) in [7, 11) is 0. The van der Waals surface area contributed by atoms with Gasteiger partial charge in [0.05, 0.1) is 28.8 Å². The van der Waals surface area contributed by atoms with E-state index in [1.807, 2.05) is 0 Å². The van der Waals surface area contributed by atoms with Gasteiger partial charge in [-0.1, -0.05) is 6.42 Å². The Bertz CT molecular complexity index is 775. The van der Waals surface area contributed by atoms with Gasteiger partial charge in [-0.25, -0.2) is 4.98 Å². The fourth-order valence-electron chi connectivity index (χ4n) is 2.55. The van der Waals surface area contributed by atoms with Crippen LogP contribution in [0, 0.1) is 5.92 Å². The molecule has 0 aliphatic heterocycles. The molecule has 1 aliphatic carbocycles. The van der Waals surface area contributed by atoms with Crippen LogP contribution in [0.25, 0.3) is 0 Å². The van der Waals surface area contributed by atoms with Crippen LogP contribution in [0.15, 0.2) is 23.6 Å². The molecule has 0 unspecified atom stereocenters. The number of carbonyl (C=O) groups excluding carboxylic acids is 1. The molecule has 0 N–H and O–H groups in total. The zero-order valence-corrected chi connectivity index (χ0v) is 17.0. The zero-order valence-electron chi connectivity index (χ0n) is 14.1. The summed E-state index contributed by atoms with van der Waals surface area (Å²) in [5, 5.41) is 12.5. The second-order valence-electron chi connectivity index (χ2n) is 6.02. The first kappa shape index (κ1) is 21.2. The van der Waals surface area contributed by atoms with E-state index in [2.05, 4.69) is 4.98 Å². The molecule has 1 saturated carbocycles. The summed E-state index contributed by atoms with van der Waals surface area (Å²) in [6.45, 7) is 0.473. The number of carbonyl (C=O) groups is 1. The molecule has 1 heterocycles. The minimum Gasteiger partial charge on any atom is -0.543 e. The van der Waals surface area contributed by atoms with E-state index in [1.54, 1.807) is 0 Å². The molecule has 0 atom stereocenters. The van der Waals surface area contributed by atoms with Crippen molar-refractivity contribution in [2.24, 2.45) is 5.92 Å². The third kappa shape index (κ3) is 5.22. The number of halogens is 3. The molecular weight excluding hydrogens is 378 g/mol. The molecule has 0 bridgehead atoms. The van der Waals surface area contributed by atoms with Crippen molar-refractivity contribution < 1.29 is 57.4 Å². The molecule has 0 spiro atoms. The van der Waals surface area contributed by atoms with Crippen molar-refractivity contribution in [1.82, 2.24) is 4.98 Å². The van der Waals surface area contributed by atoms with Crippen molar-refractivity contribution in [3.63, 3.8) is 0 Å². The number of rotatable bonds is 6. The molecule has 1 aromatic carbocycles. The van der Waals surface area contributed by atoms with Gasteiger partial charge in [-0.2, -0.15) is 13.2 Å². The molecule has 0 amide bonds. The largest absolute Gasteiger partial charge is 1.00 e. The van der Waals surface area contributed by atoms with Crippen LogP contribution in [0.3, 0.4) is 0 Å². The van der Waals surface area contributed by atoms with E-state index >= 15 is 0 Å². The second-order valence-corrected chi connectivity index (χ2v) is 6.96. The Kier molecular flexibility index (Phi) is 7.12. The molecule has 1 aromatic heterocycles. The zero-order chi connectivity index (χ0) is 18.0.